The number of pyridine rings is 1. The first-order valence-electron chi connectivity index (χ1n) is 7.76. The summed E-state index contributed by atoms with van der Waals surface area (Å²) in [6, 6.07) is 9.54. The number of benzene rings is 1. The van der Waals surface area contributed by atoms with Gasteiger partial charge in [0, 0.05) is 11.6 Å². The molecule has 0 fully saturated rings. The highest BCUT2D eigenvalue weighted by Crippen LogP contribution is 2.25. The molecule has 7 nitrogen and oxygen atoms in total. The van der Waals surface area contributed by atoms with E-state index in [2.05, 4.69) is 19.9 Å². The van der Waals surface area contributed by atoms with E-state index in [4.69, 9.17) is 9.26 Å². The van der Waals surface area contributed by atoms with Gasteiger partial charge in [0.2, 0.25) is 11.7 Å². The SMILES string of the molecule is CCC(O)c1nc(-c2ccc(Oc3ccc(OC(F)F)cn3)cc2)no1. The van der Waals surface area contributed by atoms with Gasteiger partial charge >= 0.3 is 6.61 Å². The van der Waals surface area contributed by atoms with Crippen LogP contribution in [0.1, 0.15) is 25.3 Å². The van der Waals surface area contributed by atoms with E-state index in [0.29, 0.717) is 23.6 Å². The van der Waals surface area contributed by atoms with Gasteiger partial charge < -0.3 is 19.1 Å². The van der Waals surface area contributed by atoms with Crippen molar-refractivity contribution >= 4 is 0 Å². The Morgan fingerprint density at radius 2 is 1.85 bits per heavy atom. The molecule has 2 heterocycles. The summed E-state index contributed by atoms with van der Waals surface area (Å²) in [5.41, 5.74) is 0.685. The molecule has 3 rings (SSSR count). The second-order valence-corrected chi connectivity index (χ2v) is 5.22. The largest absolute Gasteiger partial charge is 0.439 e. The zero-order chi connectivity index (χ0) is 18.5. The Balaban J connectivity index is 1.67. The molecule has 0 saturated carbocycles. The third-order valence-corrected chi connectivity index (χ3v) is 3.38. The Kier molecular flexibility index (Phi) is 5.37. The van der Waals surface area contributed by atoms with Crippen molar-refractivity contribution in [2.75, 3.05) is 0 Å². The number of halogens is 2. The second-order valence-electron chi connectivity index (χ2n) is 5.22. The van der Waals surface area contributed by atoms with E-state index in [0.717, 1.165) is 6.20 Å². The maximum atomic E-state index is 12.1. The lowest BCUT2D eigenvalue weighted by Gasteiger charge is -2.07. The Labute approximate surface area is 147 Å². The molecule has 9 heteroatoms. The van der Waals surface area contributed by atoms with Gasteiger partial charge in [0.15, 0.2) is 0 Å². The monoisotopic (exact) mass is 363 g/mol. The van der Waals surface area contributed by atoms with Crippen molar-refractivity contribution in [1.82, 2.24) is 15.1 Å². The van der Waals surface area contributed by atoms with E-state index in [1.165, 1.54) is 12.1 Å². The van der Waals surface area contributed by atoms with E-state index in [-0.39, 0.29) is 17.5 Å². The van der Waals surface area contributed by atoms with E-state index in [1.54, 1.807) is 31.2 Å². The van der Waals surface area contributed by atoms with Gasteiger partial charge in [-0.05, 0) is 36.8 Å². The number of ether oxygens (including phenoxy) is 2. The number of hydrogen-bond acceptors (Lipinski definition) is 7. The van der Waals surface area contributed by atoms with Crippen LogP contribution in [0.5, 0.6) is 17.4 Å². The average Bonchev–Trinajstić information content (AvgIpc) is 3.13. The Hall–Kier alpha value is -3.07. The summed E-state index contributed by atoms with van der Waals surface area (Å²) in [6.45, 7) is -1.10. The fourth-order valence-corrected chi connectivity index (χ4v) is 2.05. The summed E-state index contributed by atoms with van der Waals surface area (Å²) in [5.74, 6) is 1.18. The minimum absolute atomic E-state index is 0.0510. The van der Waals surface area contributed by atoms with Crippen LogP contribution in [0.3, 0.4) is 0 Å². The van der Waals surface area contributed by atoms with E-state index in [9.17, 15) is 13.9 Å². The van der Waals surface area contributed by atoms with Gasteiger partial charge in [-0.15, -0.1) is 0 Å². The van der Waals surface area contributed by atoms with Crippen LogP contribution in [0.15, 0.2) is 47.1 Å². The number of aliphatic hydroxyl groups is 1. The van der Waals surface area contributed by atoms with Crippen molar-refractivity contribution in [1.29, 1.82) is 0 Å². The van der Waals surface area contributed by atoms with Crippen LogP contribution in [0.4, 0.5) is 8.78 Å². The number of aliphatic hydroxyl groups excluding tert-OH is 1. The fourth-order valence-electron chi connectivity index (χ4n) is 2.05. The number of hydrogen-bond donors (Lipinski definition) is 1. The molecule has 1 atom stereocenters. The molecular weight excluding hydrogens is 348 g/mol. The maximum absolute atomic E-state index is 12.1. The van der Waals surface area contributed by atoms with Crippen LogP contribution >= 0.6 is 0 Å². The molecule has 1 N–H and O–H groups in total. The molecule has 0 aliphatic carbocycles. The molecular formula is C17H15F2N3O4. The summed E-state index contributed by atoms with van der Waals surface area (Å²) in [4.78, 5) is 8.03. The predicted octanol–water partition coefficient (Wildman–Crippen LogP) is 3.97. The molecule has 0 saturated heterocycles. The Morgan fingerprint density at radius 3 is 2.46 bits per heavy atom. The summed E-state index contributed by atoms with van der Waals surface area (Å²) in [6.07, 6.45) is 0.833. The first-order chi connectivity index (χ1) is 12.5. The van der Waals surface area contributed by atoms with Crippen molar-refractivity contribution in [2.24, 2.45) is 0 Å². The van der Waals surface area contributed by atoms with Gasteiger partial charge in [-0.25, -0.2) is 4.98 Å². The van der Waals surface area contributed by atoms with Gasteiger partial charge in [0.1, 0.15) is 17.6 Å². The number of aromatic nitrogens is 3. The first kappa shape index (κ1) is 17.7. The molecule has 26 heavy (non-hydrogen) atoms. The third-order valence-electron chi connectivity index (χ3n) is 3.38. The van der Waals surface area contributed by atoms with Crippen LogP contribution in [-0.2, 0) is 0 Å². The molecule has 0 aliphatic heterocycles. The van der Waals surface area contributed by atoms with Gasteiger partial charge in [-0.2, -0.15) is 13.8 Å². The summed E-state index contributed by atoms with van der Waals surface area (Å²) in [5, 5.41) is 13.5. The quantitative estimate of drug-likeness (QED) is 0.679. The van der Waals surface area contributed by atoms with E-state index >= 15 is 0 Å². The minimum atomic E-state index is -2.90. The minimum Gasteiger partial charge on any atom is -0.439 e. The molecule has 0 bridgehead atoms. The molecule has 0 aliphatic rings. The van der Waals surface area contributed by atoms with Crippen molar-refractivity contribution < 1.29 is 27.9 Å². The standard InChI is InChI=1S/C17H15F2N3O4/c1-2-13(23)16-21-15(22-26-16)10-3-5-11(6-4-10)24-14-8-7-12(9-20-14)25-17(18)19/h3-9,13,17,23H,2H2,1H3. The topological polar surface area (TPSA) is 90.5 Å². The van der Waals surface area contributed by atoms with E-state index in [1.807, 2.05) is 0 Å². The molecule has 1 unspecified atom stereocenters. The van der Waals surface area contributed by atoms with Crippen LogP contribution in [0.25, 0.3) is 11.4 Å². The van der Waals surface area contributed by atoms with Crippen LogP contribution in [0.2, 0.25) is 0 Å². The number of rotatable bonds is 7. The zero-order valence-corrected chi connectivity index (χ0v) is 13.7. The predicted molar refractivity (Wildman–Crippen MR) is 85.9 cm³/mol. The summed E-state index contributed by atoms with van der Waals surface area (Å²) < 4.78 is 39.0. The van der Waals surface area contributed by atoms with Crippen molar-refractivity contribution in [3.8, 4) is 28.8 Å². The molecule has 3 aromatic rings. The highest BCUT2D eigenvalue weighted by molar-refractivity contribution is 5.55. The first-order valence-corrected chi connectivity index (χ1v) is 7.76. The molecule has 0 radical (unpaired) electrons. The molecule has 0 amide bonds. The Bertz CT molecular complexity index is 838. The lowest BCUT2D eigenvalue weighted by molar-refractivity contribution is -0.0501. The summed E-state index contributed by atoms with van der Waals surface area (Å²) in [7, 11) is 0. The van der Waals surface area contributed by atoms with Crippen molar-refractivity contribution in [3.05, 3.63) is 48.5 Å². The smallest absolute Gasteiger partial charge is 0.387 e. The fraction of sp³-hybridized carbons (Fsp3) is 0.235. The van der Waals surface area contributed by atoms with Gasteiger partial charge in [-0.3, -0.25) is 0 Å². The lowest BCUT2D eigenvalue weighted by atomic mass is 10.2. The molecule has 2 aromatic heterocycles. The van der Waals surface area contributed by atoms with Crippen molar-refractivity contribution in [2.45, 2.75) is 26.1 Å². The number of alkyl halides is 2. The summed E-state index contributed by atoms with van der Waals surface area (Å²) >= 11 is 0. The van der Waals surface area contributed by atoms with E-state index < -0.39 is 12.7 Å². The Morgan fingerprint density at radius 1 is 1.12 bits per heavy atom. The van der Waals surface area contributed by atoms with Crippen LogP contribution < -0.4 is 9.47 Å². The highest BCUT2D eigenvalue weighted by atomic mass is 19.3. The third kappa shape index (κ3) is 4.31. The molecule has 0 spiro atoms. The highest BCUT2D eigenvalue weighted by Gasteiger charge is 2.15. The van der Waals surface area contributed by atoms with Crippen LogP contribution in [0, 0.1) is 0 Å². The average molecular weight is 363 g/mol. The van der Waals surface area contributed by atoms with Gasteiger partial charge in [0.25, 0.3) is 5.89 Å². The molecule has 1 aromatic carbocycles. The number of nitrogens with zero attached hydrogens (tertiary/aromatic N) is 3. The maximum Gasteiger partial charge on any atom is 0.387 e. The van der Waals surface area contributed by atoms with Gasteiger partial charge in [0.05, 0.1) is 6.20 Å². The normalized spacial score (nSPS) is 12.2. The lowest BCUT2D eigenvalue weighted by Crippen LogP contribution is -2.02. The second kappa shape index (κ2) is 7.87. The molecule has 136 valence electrons. The van der Waals surface area contributed by atoms with Crippen molar-refractivity contribution in [3.63, 3.8) is 0 Å². The van der Waals surface area contributed by atoms with Crippen LogP contribution in [-0.4, -0.2) is 26.8 Å². The van der Waals surface area contributed by atoms with Gasteiger partial charge in [-0.1, -0.05) is 12.1 Å². The zero-order valence-electron chi connectivity index (χ0n) is 13.7.